The molecule has 0 atom stereocenters. The molecular formula is C13H20N2O2. The van der Waals surface area contributed by atoms with E-state index in [1.165, 1.54) is 5.56 Å². The Morgan fingerprint density at radius 1 is 1.29 bits per heavy atom. The molecule has 1 rings (SSSR count). The maximum Gasteiger partial charge on any atom is 0.246 e. The minimum absolute atomic E-state index is 0.0853. The predicted molar refractivity (Wildman–Crippen MR) is 67.5 cm³/mol. The molecular weight excluding hydrogens is 216 g/mol. The first kappa shape index (κ1) is 13.7. The van der Waals surface area contributed by atoms with Gasteiger partial charge in [0, 0.05) is 13.2 Å². The molecule has 1 aromatic rings. The van der Waals surface area contributed by atoms with Gasteiger partial charge < -0.3 is 15.8 Å². The number of carbonyl (C=O) groups excluding carboxylic acids is 1. The number of rotatable bonds is 7. The molecule has 0 unspecified atom stereocenters. The number of ether oxygens (including phenoxy) is 1. The van der Waals surface area contributed by atoms with E-state index in [9.17, 15) is 4.79 Å². The second-order valence-electron chi connectivity index (χ2n) is 3.77. The van der Waals surface area contributed by atoms with E-state index in [2.05, 4.69) is 5.32 Å². The summed E-state index contributed by atoms with van der Waals surface area (Å²) in [4.78, 5) is 11.3. The van der Waals surface area contributed by atoms with Gasteiger partial charge in [0.1, 0.15) is 6.61 Å². The lowest BCUT2D eigenvalue weighted by Crippen LogP contribution is -2.27. The van der Waals surface area contributed by atoms with Gasteiger partial charge in [-0.05, 0) is 31.0 Å². The Bertz CT molecular complexity index is 336. The van der Waals surface area contributed by atoms with Gasteiger partial charge in [-0.3, -0.25) is 4.79 Å². The maximum atomic E-state index is 11.3. The summed E-state index contributed by atoms with van der Waals surface area (Å²) in [6, 6.07) is 8.09. The molecule has 0 fully saturated rings. The van der Waals surface area contributed by atoms with Crippen molar-refractivity contribution < 1.29 is 9.53 Å². The highest BCUT2D eigenvalue weighted by Crippen LogP contribution is 2.04. The van der Waals surface area contributed by atoms with Crippen LogP contribution in [0.4, 0.5) is 0 Å². The minimum Gasteiger partial charge on any atom is -0.372 e. The van der Waals surface area contributed by atoms with Gasteiger partial charge in [0.25, 0.3) is 0 Å². The molecule has 0 aliphatic rings. The molecule has 0 aromatic heterocycles. The Labute approximate surface area is 102 Å². The SMILES string of the molecule is CCOCC(=O)NCc1ccc(CCN)cc1. The third kappa shape index (κ3) is 5.47. The fourth-order valence-corrected chi connectivity index (χ4v) is 1.44. The molecule has 4 heteroatoms. The zero-order chi connectivity index (χ0) is 12.5. The van der Waals surface area contributed by atoms with Crippen molar-refractivity contribution in [2.45, 2.75) is 19.9 Å². The average molecular weight is 236 g/mol. The average Bonchev–Trinajstić information content (AvgIpc) is 2.36. The number of hydrogen-bond donors (Lipinski definition) is 2. The van der Waals surface area contributed by atoms with Crippen molar-refractivity contribution in [3.63, 3.8) is 0 Å². The van der Waals surface area contributed by atoms with Crippen molar-refractivity contribution in [3.05, 3.63) is 35.4 Å². The molecule has 0 aliphatic carbocycles. The normalized spacial score (nSPS) is 10.2. The largest absolute Gasteiger partial charge is 0.372 e. The lowest BCUT2D eigenvalue weighted by atomic mass is 10.1. The summed E-state index contributed by atoms with van der Waals surface area (Å²) in [5.41, 5.74) is 7.77. The molecule has 4 nitrogen and oxygen atoms in total. The van der Waals surface area contributed by atoms with Gasteiger partial charge in [-0.2, -0.15) is 0 Å². The zero-order valence-electron chi connectivity index (χ0n) is 10.2. The van der Waals surface area contributed by atoms with Gasteiger partial charge in [-0.25, -0.2) is 0 Å². The van der Waals surface area contributed by atoms with Crippen LogP contribution in [0.1, 0.15) is 18.1 Å². The Kier molecular flexibility index (Phi) is 6.29. The van der Waals surface area contributed by atoms with Crippen molar-refractivity contribution in [3.8, 4) is 0 Å². The highest BCUT2D eigenvalue weighted by atomic mass is 16.5. The first-order chi connectivity index (χ1) is 8.26. The van der Waals surface area contributed by atoms with Gasteiger partial charge >= 0.3 is 0 Å². The molecule has 0 spiro atoms. The van der Waals surface area contributed by atoms with E-state index in [1.807, 2.05) is 31.2 Å². The molecule has 0 saturated heterocycles. The van der Waals surface area contributed by atoms with Crippen LogP contribution >= 0.6 is 0 Å². The van der Waals surface area contributed by atoms with Crippen LogP contribution in [-0.2, 0) is 22.5 Å². The van der Waals surface area contributed by atoms with E-state index in [0.29, 0.717) is 19.7 Å². The van der Waals surface area contributed by atoms with Crippen LogP contribution in [0.25, 0.3) is 0 Å². The van der Waals surface area contributed by atoms with Crippen LogP contribution in [0.2, 0.25) is 0 Å². The smallest absolute Gasteiger partial charge is 0.246 e. The van der Waals surface area contributed by atoms with Crippen LogP contribution in [-0.4, -0.2) is 25.7 Å². The van der Waals surface area contributed by atoms with Gasteiger partial charge in [-0.1, -0.05) is 24.3 Å². The first-order valence-electron chi connectivity index (χ1n) is 5.88. The lowest BCUT2D eigenvalue weighted by molar-refractivity contribution is -0.125. The summed E-state index contributed by atoms with van der Waals surface area (Å²) in [5.74, 6) is -0.0853. The monoisotopic (exact) mass is 236 g/mol. The van der Waals surface area contributed by atoms with E-state index < -0.39 is 0 Å². The van der Waals surface area contributed by atoms with Gasteiger partial charge in [0.05, 0.1) is 0 Å². The molecule has 0 bridgehead atoms. The number of carbonyl (C=O) groups is 1. The Morgan fingerprint density at radius 3 is 2.53 bits per heavy atom. The number of nitrogens with two attached hydrogens (primary N) is 1. The van der Waals surface area contributed by atoms with E-state index >= 15 is 0 Å². The lowest BCUT2D eigenvalue weighted by Gasteiger charge is -2.06. The number of benzene rings is 1. The summed E-state index contributed by atoms with van der Waals surface area (Å²) in [6.45, 7) is 3.74. The second kappa shape index (κ2) is 7.81. The second-order valence-corrected chi connectivity index (χ2v) is 3.77. The van der Waals surface area contributed by atoms with Crippen molar-refractivity contribution in [1.29, 1.82) is 0 Å². The Morgan fingerprint density at radius 2 is 1.94 bits per heavy atom. The zero-order valence-corrected chi connectivity index (χ0v) is 10.2. The van der Waals surface area contributed by atoms with E-state index in [4.69, 9.17) is 10.5 Å². The summed E-state index contributed by atoms with van der Waals surface area (Å²) in [5, 5.41) is 2.80. The fourth-order valence-electron chi connectivity index (χ4n) is 1.44. The fraction of sp³-hybridized carbons (Fsp3) is 0.462. The third-order valence-electron chi connectivity index (χ3n) is 2.38. The number of amides is 1. The molecule has 0 aliphatic heterocycles. The topological polar surface area (TPSA) is 64.3 Å². The third-order valence-corrected chi connectivity index (χ3v) is 2.38. The van der Waals surface area contributed by atoms with Gasteiger partial charge in [-0.15, -0.1) is 0 Å². The Hall–Kier alpha value is -1.39. The molecule has 0 radical (unpaired) electrons. The molecule has 94 valence electrons. The van der Waals surface area contributed by atoms with Crippen molar-refractivity contribution in [2.75, 3.05) is 19.8 Å². The quantitative estimate of drug-likeness (QED) is 0.737. The standard InChI is InChI=1S/C13H20N2O2/c1-2-17-10-13(16)15-9-12-5-3-11(4-6-12)7-8-14/h3-6H,2,7-10,14H2,1H3,(H,15,16). The van der Waals surface area contributed by atoms with Crippen LogP contribution in [0, 0.1) is 0 Å². The maximum absolute atomic E-state index is 11.3. The van der Waals surface area contributed by atoms with Gasteiger partial charge in [0.2, 0.25) is 5.91 Å². The van der Waals surface area contributed by atoms with Crippen molar-refractivity contribution in [2.24, 2.45) is 5.73 Å². The van der Waals surface area contributed by atoms with Crippen LogP contribution in [0.5, 0.6) is 0 Å². The summed E-state index contributed by atoms with van der Waals surface area (Å²) < 4.78 is 5.01. The summed E-state index contributed by atoms with van der Waals surface area (Å²) >= 11 is 0. The molecule has 1 amide bonds. The van der Waals surface area contributed by atoms with Crippen molar-refractivity contribution in [1.82, 2.24) is 5.32 Å². The predicted octanol–water partition coefficient (Wildman–Crippen LogP) is 0.841. The van der Waals surface area contributed by atoms with Crippen LogP contribution < -0.4 is 11.1 Å². The highest BCUT2D eigenvalue weighted by Gasteiger charge is 2.00. The molecule has 17 heavy (non-hydrogen) atoms. The van der Waals surface area contributed by atoms with Gasteiger partial charge in [0.15, 0.2) is 0 Å². The minimum atomic E-state index is -0.0853. The Balaban J connectivity index is 2.34. The summed E-state index contributed by atoms with van der Waals surface area (Å²) in [7, 11) is 0. The molecule has 3 N–H and O–H groups in total. The van der Waals surface area contributed by atoms with E-state index in [1.54, 1.807) is 0 Å². The van der Waals surface area contributed by atoms with Crippen molar-refractivity contribution >= 4 is 5.91 Å². The molecule has 0 saturated carbocycles. The van der Waals surface area contributed by atoms with E-state index in [-0.39, 0.29) is 12.5 Å². The van der Waals surface area contributed by atoms with Crippen LogP contribution in [0.3, 0.4) is 0 Å². The molecule has 1 aromatic carbocycles. The number of nitrogens with one attached hydrogen (secondary N) is 1. The van der Waals surface area contributed by atoms with Crippen LogP contribution in [0.15, 0.2) is 24.3 Å². The molecule has 0 heterocycles. The number of hydrogen-bond acceptors (Lipinski definition) is 3. The first-order valence-corrected chi connectivity index (χ1v) is 5.88. The summed E-state index contributed by atoms with van der Waals surface area (Å²) in [6.07, 6.45) is 0.886. The highest BCUT2D eigenvalue weighted by molar-refractivity contribution is 5.77. The van der Waals surface area contributed by atoms with E-state index in [0.717, 1.165) is 12.0 Å².